The van der Waals surface area contributed by atoms with Gasteiger partial charge in [0.05, 0.1) is 22.1 Å². The second-order valence-corrected chi connectivity index (χ2v) is 11.4. The summed E-state index contributed by atoms with van der Waals surface area (Å²) in [7, 11) is 3.79. The zero-order valence-electron chi connectivity index (χ0n) is 26.1. The van der Waals surface area contributed by atoms with Crippen molar-refractivity contribution in [2.45, 2.75) is 32.4 Å². The summed E-state index contributed by atoms with van der Waals surface area (Å²) >= 11 is 7.02. The summed E-state index contributed by atoms with van der Waals surface area (Å²) in [5.74, 6) is 0. The van der Waals surface area contributed by atoms with Crippen molar-refractivity contribution < 1.29 is 0 Å². The number of hydrazone groups is 1. The molecule has 1 saturated heterocycles. The van der Waals surface area contributed by atoms with Crippen LogP contribution in [0.3, 0.4) is 0 Å². The highest BCUT2D eigenvalue weighted by molar-refractivity contribution is 6.36. The molecule has 0 aliphatic carbocycles. The van der Waals surface area contributed by atoms with Crippen LogP contribution in [-0.2, 0) is 6.54 Å². The highest BCUT2D eigenvalue weighted by Gasteiger charge is 2.16. The zero-order chi connectivity index (χ0) is 31.6. The van der Waals surface area contributed by atoms with Crippen LogP contribution in [0.25, 0.3) is 28.5 Å². The third-order valence-electron chi connectivity index (χ3n) is 7.65. The van der Waals surface area contributed by atoms with E-state index in [2.05, 4.69) is 72.6 Å². The first-order valence-electron chi connectivity index (χ1n) is 14.9. The summed E-state index contributed by atoms with van der Waals surface area (Å²) in [4.78, 5) is 4.95. The van der Waals surface area contributed by atoms with E-state index >= 15 is 0 Å². The van der Waals surface area contributed by atoms with Gasteiger partial charge < -0.3 is 16.0 Å². The molecular weight excluding hydrogens is 564 g/mol. The highest BCUT2D eigenvalue weighted by atomic mass is 35.5. The van der Waals surface area contributed by atoms with Crippen LogP contribution in [0.5, 0.6) is 0 Å². The third kappa shape index (κ3) is 8.23. The maximum Gasteiger partial charge on any atom is 0.0709 e. The fraction of sp³-hybridized carbons (Fsp3) is 0.243. The molecule has 1 aliphatic rings. The van der Waals surface area contributed by atoms with Gasteiger partial charge in [-0.25, -0.2) is 4.98 Å². The van der Waals surface area contributed by atoms with Crippen LogP contribution in [0.4, 0.5) is 0 Å². The normalized spacial score (nSPS) is 15.2. The summed E-state index contributed by atoms with van der Waals surface area (Å²) in [6.45, 7) is 20.2. The molecule has 228 valence electrons. The van der Waals surface area contributed by atoms with Gasteiger partial charge in [0.2, 0.25) is 0 Å². The summed E-state index contributed by atoms with van der Waals surface area (Å²) in [6, 6.07) is 19.0. The third-order valence-corrected chi connectivity index (χ3v) is 8.06. The van der Waals surface area contributed by atoms with Crippen molar-refractivity contribution in [1.82, 2.24) is 25.9 Å². The Labute approximate surface area is 267 Å². The van der Waals surface area contributed by atoms with E-state index in [1.165, 1.54) is 0 Å². The molecule has 44 heavy (non-hydrogen) atoms. The number of hydrogen-bond donors (Lipinski definition) is 3. The van der Waals surface area contributed by atoms with Crippen molar-refractivity contribution in [1.29, 1.82) is 0 Å². The predicted molar refractivity (Wildman–Crippen MR) is 189 cm³/mol. The fourth-order valence-corrected chi connectivity index (χ4v) is 5.67. The summed E-state index contributed by atoms with van der Waals surface area (Å²) in [5, 5.41) is 17.4. The Morgan fingerprint density at radius 1 is 1.16 bits per heavy atom. The van der Waals surface area contributed by atoms with Crippen LogP contribution >= 0.6 is 11.6 Å². The van der Waals surface area contributed by atoms with Crippen molar-refractivity contribution in [3.63, 3.8) is 0 Å². The molecule has 2 aromatic carbocycles. The lowest BCUT2D eigenvalue weighted by atomic mass is 9.98. The van der Waals surface area contributed by atoms with E-state index in [1.807, 2.05) is 57.6 Å². The van der Waals surface area contributed by atoms with Gasteiger partial charge in [-0.3, -0.25) is 5.01 Å². The molecule has 6 nitrogen and oxygen atoms in total. The molecule has 3 aromatic rings. The van der Waals surface area contributed by atoms with Gasteiger partial charge in [0.1, 0.15) is 0 Å². The van der Waals surface area contributed by atoms with Gasteiger partial charge >= 0.3 is 0 Å². The van der Waals surface area contributed by atoms with Gasteiger partial charge in [-0.1, -0.05) is 86.5 Å². The van der Waals surface area contributed by atoms with E-state index < -0.39 is 0 Å². The SMILES string of the molecule is C=CC(=C)/C(=C\N(C)/N=C(\C)c1cccc(-c2cccc(-c3ccc(CNCC4CCC(=C)N4)c(C=C)n3)c2)c1Cl)CNC. The van der Waals surface area contributed by atoms with E-state index in [9.17, 15) is 0 Å². The monoisotopic (exact) mass is 606 g/mol. The summed E-state index contributed by atoms with van der Waals surface area (Å²) in [6.07, 6.45) is 7.67. The van der Waals surface area contributed by atoms with E-state index in [4.69, 9.17) is 21.7 Å². The Hall–Kier alpha value is -4.23. The van der Waals surface area contributed by atoms with Gasteiger partial charge in [0.15, 0.2) is 0 Å². The van der Waals surface area contributed by atoms with Gasteiger partial charge in [0, 0.05) is 61.3 Å². The average molecular weight is 607 g/mol. The number of nitrogens with zero attached hydrogens (tertiary/aromatic N) is 3. The first-order chi connectivity index (χ1) is 21.2. The van der Waals surface area contributed by atoms with E-state index in [-0.39, 0.29) is 0 Å². The van der Waals surface area contributed by atoms with E-state index in [0.29, 0.717) is 17.6 Å². The Bertz CT molecular complexity index is 1600. The van der Waals surface area contributed by atoms with E-state index in [0.717, 1.165) is 87.7 Å². The first kappa shape index (κ1) is 32.7. The molecule has 4 rings (SSSR count). The molecule has 2 heterocycles. The molecule has 1 atom stereocenters. The van der Waals surface area contributed by atoms with E-state index in [1.54, 1.807) is 11.1 Å². The number of rotatable bonds is 14. The average Bonchev–Trinajstić information content (AvgIpc) is 3.45. The van der Waals surface area contributed by atoms with Crippen LogP contribution in [0.15, 0.2) is 115 Å². The van der Waals surface area contributed by atoms with Crippen LogP contribution in [0.2, 0.25) is 5.02 Å². The molecule has 0 amide bonds. The summed E-state index contributed by atoms with van der Waals surface area (Å²) in [5.41, 5.74) is 10.5. The summed E-state index contributed by atoms with van der Waals surface area (Å²) < 4.78 is 0. The maximum atomic E-state index is 7.02. The van der Waals surface area contributed by atoms with Crippen LogP contribution < -0.4 is 16.0 Å². The van der Waals surface area contributed by atoms with Crippen LogP contribution in [0, 0.1) is 0 Å². The first-order valence-corrected chi connectivity index (χ1v) is 15.2. The maximum absolute atomic E-state index is 7.02. The molecule has 7 heteroatoms. The quantitative estimate of drug-likeness (QED) is 0.100. The molecule has 1 aliphatic heterocycles. The van der Waals surface area contributed by atoms with Crippen LogP contribution in [-0.4, -0.2) is 48.9 Å². The zero-order valence-corrected chi connectivity index (χ0v) is 26.8. The molecule has 1 fully saturated rings. The van der Waals surface area contributed by atoms with Gasteiger partial charge in [-0.15, -0.1) is 0 Å². The fourth-order valence-electron chi connectivity index (χ4n) is 5.30. The van der Waals surface area contributed by atoms with Crippen LogP contribution in [0.1, 0.15) is 36.6 Å². The topological polar surface area (TPSA) is 64.6 Å². The number of benzene rings is 2. The minimum absolute atomic E-state index is 0.432. The minimum atomic E-state index is 0.432. The van der Waals surface area contributed by atoms with Crippen molar-refractivity contribution in [2.24, 2.45) is 5.10 Å². The predicted octanol–water partition coefficient (Wildman–Crippen LogP) is 7.57. The lowest BCUT2D eigenvalue weighted by Crippen LogP contribution is -2.33. The molecule has 0 radical (unpaired) electrons. The van der Waals surface area contributed by atoms with Gasteiger partial charge in [0.25, 0.3) is 0 Å². The van der Waals surface area contributed by atoms with Crippen molar-refractivity contribution in [3.05, 3.63) is 132 Å². The lowest BCUT2D eigenvalue weighted by Gasteiger charge is -2.16. The van der Waals surface area contributed by atoms with Gasteiger partial charge in [-0.05, 0) is 67.3 Å². The number of aromatic nitrogens is 1. The smallest absolute Gasteiger partial charge is 0.0709 e. The number of hydrogen-bond acceptors (Lipinski definition) is 6. The molecular formula is C37H43ClN6. The lowest BCUT2D eigenvalue weighted by molar-refractivity contribution is 0.485. The second-order valence-electron chi connectivity index (χ2n) is 11.0. The van der Waals surface area contributed by atoms with Gasteiger partial charge in [-0.2, -0.15) is 5.10 Å². The molecule has 3 N–H and O–H groups in total. The number of likely N-dealkylation sites (N-methyl/N-ethyl adjacent to an activating group) is 1. The molecule has 0 bridgehead atoms. The Kier molecular flexibility index (Phi) is 11.5. The van der Waals surface area contributed by atoms with Crippen molar-refractivity contribution in [3.8, 4) is 22.4 Å². The molecule has 0 saturated carbocycles. The van der Waals surface area contributed by atoms with Crippen molar-refractivity contribution >= 4 is 23.4 Å². The largest absolute Gasteiger partial charge is 0.385 e. The van der Waals surface area contributed by atoms with Crippen molar-refractivity contribution in [2.75, 3.05) is 27.2 Å². The Balaban J connectivity index is 1.55. The number of allylic oxidation sites excluding steroid dienone is 2. The second kappa shape index (κ2) is 15.5. The number of nitrogens with one attached hydrogen (secondary N) is 3. The highest BCUT2D eigenvalue weighted by Crippen LogP contribution is 2.33. The molecule has 0 spiro atoms. The number of pyridine rings is 1. The Morgan fingerprint density at radius 3 is 2.64 bits per heavy atom. The molecule has 1 unspecified atom stereocenters. The minimum Gasteiger partial charge on any atom is -0.385 e. The standard InChI is InChI=1S/C37H43ClN6/c1-8-25(3)31(21-39-6)24-44(7)43-27(5)33-14-11-15-34(37(33)38)28-12-10-13-29(20-28)36-19-17-30(35(9-2)42-36)22-40-23-32-18-16-26(4)41-32/h8-15,17,19-20,24,32,39-41H,1-4,16,18,21-23H2,5-7H3/b31-24-,43-27+. The number of halogens is 1. The molecule has 1 aromatic heterocycles. The Morgan fingerprint density at radius 2 is 1.93 bits per heavy atom.